The molecular weight excluding hydrogens is 790 g/mol. The van der Waals surface area contributed by atoms with Crippen molar-refractivity contribution in [2.75, 3.05) is 61.0 Å². The summed E-state index contributed by atoms with van der Waals surface area (Å²) in [6.45, 7) is 10.6. The number of piperidine rings is 2. The first-order valence-corrected chi connectivity index (χ1v) is 20.8. The molecule has 1 atom stereocenters. The van der Waals surface area contributed by atoms with E-state index in [2.05, 4.69) is 44.2 Å². The lowest BCUT2D eigenvalue weighted by molar-refractivity contribution is -0.136. The van der Waals surface area contributed by atoms with Crippen LogP contribution in [0.25, 0.3) is 10.9 Å². The number of nitrogens with one attached hydrogen (secondary N) is 2. The number of amides is 4. The van der Waals surface area contributed by atoms with Crippen LogP contribution in [0.2, 0.25) is 5.02 Å². The number of ether oxygens (including phenoxy) is 1. The molecular formula is C43H48ClN9O7. The van der Waals surface area contributed by atoms with Gasteiger partial charge in [-0.1, -0.05) is 24.6 Å². The summed E-state index contributed by atoms with van der Waals surface area (Å²) < 4.78 is 7.07. The predicted octanol–water partition coefficient (Wildman–Crippen LogP) is 4.30. The molecule has 2 N–H and O–H groups in total. The fourth-order valence-electron chi connectivity index (χ4n) is 8.96. The molecule has 314 valence electrons. The van der Waals surface area contributed by atoms with Crippen LogP contribution in [0.15, 0.2) is 53.5 Å². The molecule has 4 amide bonds. The second-order valence-corrected chi connectivity index (χ2v) is 16.8. The highest BCUT2D eigenvalue weighted by Crippen LogP contribution is 2.39. The molecule has 0 spiro atoms. The number of piperazine rings is 1. The lowest BCUT2D eigenvalue weighted by Crippen LogP contribution is -2.59. The Labute approximate surface area is 351 Å². The number of rotatable bonds is 11. The van der Waals surface area contributed by atoms with Gasteiger partial charge in [0.15, 0.2) is 17.4 Å². The Balaban J connectivity index is 0.893. The van der Waals surface area contributed by atoms with Crippen molar-refractivity contribution in [1.29, 1.82) is 0 Å². The molecule has 2 aromatic heterocycles. The van der Waals surface area contributed by atoms with Gasteiger partial charge in [0.2, 0.25) is 17.8 Å². The summed E-state index contributed by atoms with van der Waals surface area (Å²) in [7, 11) is 1.66. The van der Waals surface area contributed by atoms with Crippen molar-refractivity contribution in [3.05, 3.63) is 75.2 Å². The largest absolute Gasteiger partial charge is 0.480 e. The molecule has 0 saturated carbocycles. The Morgan fingerprint density at radius 2 is 1.70 bits per heavy atom. The molecule has 4 aromatic rings. The lowest BCUT2D eigenvalue weighted by atomic mass is 9.78. The van der Waals surface area contributed by atoms with Crippen molar-refractivity contribution in [2.24, 2.45) is 13.0 Å². The number of Topliss-reactive ketones (excluding diaryl/α,β-unsaturated/α-hetero) is 1. The normalized spacial score (nSPS) is 19.2. The maximum atomic E-state index is 13.8. The molecule has 1 unspecified atom stereocenters. The first-order valence-electron chi connectivity index (χ1n) is 20.4. The third-order valence-corrected chi connectivity index (χ3v) is 12.9. The molecule has 3 fully saturated rings. The fourth-order valence-corrected chi connectivity index (χ4v) is 9.10. The molecule has 0 radical (unpaired) electrons. The van der Waals surface area contributed by atoms with E-state index in [0.717, 1.165) is 36.2 Å². The van der Waals surface area contributed by atoms with Crippen molar-refractivity contribution < 1.29 is 28.7 Å². The topological polar surface area (TPSA) is 179 Å². The van der Waals surface area contributed by atoms with Crippen LogP contribution in [-0.4, -0.2) is 111 Å². The number of pyridine rings is 1. The van der Waals surface area contributed by atoms with Gasteiger partial charge >= 0.3 is 0 Å². The van der Waals surface area contributed by atoms with Crippen molar-refractivity contribution in [3.8, 4) is 5.75 Å². The number of hydrogen-bond donors (Lipinski definition) is 2. The first-order chi connectivity index (χ1) is 28.7. The Kier molecular flexibility index (Phi) is 11.1. The van der Waals surface area contributed by atoms with Crippen LogP contribution in [0.1, 0.15) is 73.6 Å². The van der Waals surface area contributed by atoms with Crippen LogP contribution >= 0.6 is 11.6 Å². The summed E-state index contributed by atoms with van der Waals surface area (Å²) in [5.41, 5.74) is 2.29. The highest BCUT2D eigenvalue weighted by Gasteiger charge is 2.47. The number of imide groups is 2. The first kappa shape index (κ1) is 40.9. The standard InChI is InChI=1S/C43H48ClN9O7/c1-5-28(54)24-60-34-22-25-21-27(9-10-31(25)49(4)40(34)58)46-37-30(44)23-45-42(48-37)51-17-19-52(20-18-51)43(2,3)26-13-15-50(16-14-26)32-8-6-7-29-36(32)41(59)53(39(29)57)33-11-12-35(55)47-38(33)56/h6-10,21-23,26,33H,5,11-20,24H2,1-4H3,(H,45,46,48)(H,47,55,56). The molecule has 6 heterocycles. The van der Waals surface area contributed by atoms with E-state index in [1.165, 1.54) is 4.57 Å². The van der Waals surface area contributed by atoms with Gasteiger partial charge in [-0.3, -0.25) is 43.9 Å². The lowest BCUT2D eigenvalue weighted by Gasteiger charge is -2.50. The number of anilines is 4. The highest BCUT2D eigenvalue weighted by atomic mass is 35.5. The molecule has 4 aliphatic heterocycles. The van der Waals surface area contributed by atoms with Gasteiger partial charge in [0.1, 0.15) is 17.7 Å². The Hall–Kier alpha value is -5.87. The quantitative estimate of drug-likeness (QED) is 0.205. The smallest absolute Gasteiger partial charge is 0.293 e. The summed E-state index contributed by atoms with van der Waals surface area (Å²) in [4.78, 5) is 93.5. The van der Waals surface area contributed by atoms with E-state index in [0.29, 0.717) is 83.3 Å². The minimum atomic E-state index is -1.00. The molecule has 0 bridgehead atoms. The van der Waals surface area contributed by atoms with Crippen molar-refractivity contribution >= 4 is 75.1 Å². The molecule has 0 aliphatic carbocycles. The maximum Gasteiger partial charge on any atom is 0.293 e. The van der Waals surface area contributed by atoms with E-state index < -0.39 is 29.7 Å². The minimum Gasteiger partial charge on any atom is -0.480 e. The fraction of sp³-hybridized carbons (Fsp3) is 0.442. The second-order valence-electron chi connectivity index (χ2n) is 16.4. The summed E-state index contributed by atoms with van der Waals surface area (Å²) >= 11 is 6.59. The number of hydrogen-bond acceptors (Lipinski definition) is 13. The number of ketones is 1. The van der Waals surface area contributed by atoms with Gasteiger partial charge in [-0.05, 0) is 75.4 Å². The van der Waals surface area contributed by atoms with E-state index in [4.69, 9.17) is 21.3 Å². The third kappa shape index (κ3) is 7.58. The number of benzene rings is 2. The summed E-state index contributed by atoms with van der Waals surface area (Å²) in [6, 6.07) is 11.5. The number of aryl methyl sites for hydroxylation is 1. The van der Waals surface area contributed by atoms with Gasteiger partial charge in [-0.25, -0.2) is 4.98 Å². The average molecular weight is 838 g/mol. The van der Waals surface area contributed by atoms with Crippen molar-refractivity contribution in [2.45, 2.75) is 64.5 Å². The Morgan fingerprint density at radius 3 is 2.42 bits per heavy atom. The van der Waals surface area contributed by atoms with Crippen LogP contribution in [0.4, 0.5) is 23.1 Å². The number of halogens is 1. The van der Waals surface area contributed by atoms with Crippen LogP contribution in [0.5, 0.6) is 5.75 Å². The third-order valence-electron chi connectivity index (χ3n) is 12.6. The van der Waals surface area contributed by atoms with Crippen LogP contribution in [0.3, 0.4) is 0 Å². The van der Waals surface area contributed by atoms with Crippen molar-refractivity contribution in [3.63, 3.8) is 0 Å². The van der Waals surface area contributed by atoms with E-state index in [1.807, 2.05) is 24.3 Å². The van der Waals surface area contributed by atoms with Gasteiger partial charge < -0.3 is 24.4 Å². The SMILES string of the molecule is CCC(=O)COc1cc2cc(Nc3nc(N4CCN(C(C)(C)C5CCN(c6cccc7c6C(=O)N(C6CCC(=O)NC6=O)C7=O)CC5)CC4)ncc3Cl)ccc2n(C)c1=O. The van der Waals surface area contributed by atoms with Crippen LogP contribution in [0, 0.1) is 5.92 Å². The van der Waals surface area contributed by atoms with Gasteiger partial charge in [0.25, 0.3) is 17.4 Å². The molecule has 16 nitrogen and oxygen atoms in total. The average Bonchev–Trinajstić information content (AvgIpc) is 3.50. The number of aromatic nitrogens is 3. The molecule has 8 rings (SSSR count). The highest BCUT2D eigenvalue weighted by molar-refractivity contribution is 6.33. The minimum absolute atomic E-state index is 0.0748. The number of nitrogens with zero attached hydrogens (tertiary/aromatic N) is 7. The van der Waals surface area contributed by atoms with Gasteiger partial charge in [0, 0.05) is 75.8 Å². The van der Waals surface area contributed by atoms with E-state index in [-0.39, 0.29) is 42.1 Å². The predicted molar refractivity (Wildman–Crippen MR) is 226 cm³/mol. The molecule has 17 heteroatoms. The maximum absolute atomic E-state index is 13.8. The Bertz CT molecular complexity index is 2470. The number of fused-ring (bicyclic) bond motifs is 2. The molecule has 2 aromatic carbocycles. The summed E-state index contributed by atoms with van der Waals surface area (Å²) in [5.74, 6) is -0.612. The number of carbonyl (C=O) groups is 5. The zero-order chi connectivity index (χ0) is 42.5. The summed E-state index contributed by atoms with van der Waals surface area (Å²) in [5, 5.41) is 6.68. The van der Waals surface area contributed by atoms with E-state index in [9.17, 15) is 28.8 Å². The van der Waals surface area contributed by atoms with Crippen LogP contribution < -0.4 is 30.7 Å². The molecule has 60 heavy (non-hydrogen) atoms. The van der Waals surface area contributed by atoms with E-state index in [1.54, 1.807) is 38.4 Å². The monoisotopic (exact) mass is 837 g/mol. The molecule has 4 aliphatic rings. The zero-order valence-electron chi connectivity index (χ0n) is 34.1. The summed E-state index contributed by atoms with van der Waals surface area (Å²) in [6.07, 6.45) is 3.89. The van der Waals surface area contributed by atoms with Gasteiger partial charge in [0.05, 0.1) is 28.5 Å². The van der Waals surface area contributed by atoms with Gasteiger partial charge in [-0.2, -0.15) is 4.98 Å². The molecule has 3 saturated heterocycles. The van der Waals surface area contributed by atoms with Gasteiger partial charge in [-0.15, -0.1) is 0 Å². The second kappa shape index (κ2) is 16.3. The van der Waals surface area contributed by atoms with Crippen LogP contribution in [-0.2, 0) is 21.4 Å². The Morgan fingerprint density at radius 1 is 0.950 bits per heavy atom. The van der Waals surface area contributed by atoms with E-state index >= 15 is 0 Å². The number of carbonyl (C=O) groups excluding carboxylic acids is 5. The zero-order valence-corrected chi connectivity index (χ0v) is 34.9. The van der Waals surface area contributed by atoms with Crippen molar-refractivity contribution in [1.82, 2.24) is 29.7 Å².